The van der Waals surface area contributed by atoms with Gasteiger partial charge in [0.2, 0.25) is 0 Å². The van der Waals surface area contributed by atoms with Crippen molar-refractivity contribution in [3.8, 4) is 0 Å². The van der Waals surface area contributed by atoms with Crippen molar-refractivity contribution in [2.24, 2.45) is 0 Å². The summed E-state index contributed by atoms with van der Waals surface area (Å²) in [6.45, 7) is 6.72. The molecule has 0 saturated heterocycles. The van der Waals surface area contributed by atoms with E-state index in [9.17, 15) is 14.4 Å². The van der Waals surface area contributed by atoms with Crippen molar-refractivity contribution in [3.63, 3.8) is 0 Å². The molecule has 0 N–H and O–H groups in total. The predicted molar refractivity (Wildman–Crippen MR) is 353 cm³/mol. The molecule has 478 valence electrons. The van der Waals surface area contributed by atoms with Crippen LogP contribution < -0.4 is 0 Å². The van der Waals surface area contributed by atoms with Gasteiger partial charge in [-0.05, 0) is 51.4 Å². The Morgan fingerprint density at radius 1 is 0.247 bits per heavy atom. The van der Waals surface area contributed by atoms with E-state index in [-0.39, 0.29) is 31.1 Å². The fourth-order valence-electron chi connectivity index (χ4n) is 11.4. The summed E-state index contributed by atoms with van der Waals surface area (Å²) >= 11 is 0. The van der Waals surface area contributed by atoms with Gasteiger partial charge in [-0.25, -0.2) is 0 Å². The van der Waals surface area contributed by atoms with E-state index in [0.29, 0.717) is 19.3 Å². The lowest BCUT2D eigenvalue weighted by Gasteiger charge is -2.18. The number of unbranched alkanes of at least 4 members (excludes halogenated alkanes) is 54. The lowest BCUT2D eigenvalue weighted by molar-refractivity contribution is -0.167. The molecule has 0 spiro atoms. The van der Waals surface area contributed by atoms with Crippen LogP contribution in [0.15, 0.2) is 24.3 Å². The zero-order chi connectivity index (χ0) is 58.5. The molecule has 0 bridgehead atoms. The van der Waals surface area contributed by atoms with Gasteiger partial charge in [-0.3, -0.25) is 14.4 Å². The minimum Gasteiger partial charge on any atom is -0.462 e. The van der Waals surface area contributed by atoms with Crippen molar-refractivity contribution < 1.29 is 28.6 Å². The molecule has 0 aromatic heterocycles. The molecule has 81 heavy (non-hydrogen) atoms. The van der Waals surface area contributed by atoms with Gasteiger partial charge in [0.05, 0.1) is 0 Å². The van der Waals surface area contributed by atoms with Crippen LogP contribution in [-0.4, -0.2) is 37.2 Å². The fourth-order valence-corrected chi connectivity index (χ4v) is 11.4. The summed E-state index contributed by atoms with van der Waals surface area (Å²) in [5, 5.41) is 0. The number of rotatable bonds is 69. The molecule has 0 aliphatic heterocycles. The van der Waals surface area contributed by atoms with Crippen LogP contribution in [0.4, 0.5) is 0 Å². The Bertz CT molecular complexity index is 1310. The van der Waals surface area contributed by atoms with Crippen LogP contribution in [0.2, 0.25) is 0 Å². The summed E-state index contributed by atoms with van der Waals surface area (Å²) < 4.78 is 17.0. The van der Waals surface area contributed by atoms with Crippen molar-refractivity contribution in [1.82, 2.24) is 0 Å². The predicted octanol–water partition coefficient (Wildman–Crippen LogP) is 25.3. The zero-order valence-corrected chi connectivity index (χ0v) is 55.1. The van der Waals surface area contributed by atoms with Gasteiger partial charge in [0.25, 0.3) is 0 Å². The molecule has 1 unspecified atom stereocenters. The van der Waals surface area contributed by atoms with E-state index in [1.165, 1.54) is 315 Å². The minimum absolute atomic E-state index is 0.0651. The number of carbonyl (C=O) groups is 3. The number of esters is 3. The average Bonchev–Trinajstić information content (AvgIpc) is 3.46. The molecule has 0 fully saturated rings. The maximum absolute atomic E-state index is 13.0. The third-order valence-electron chi connectivity index (χ3n) is 17.0. The number of allylic oxidation sites excluding steroid dienone is 4. The van der Waals surface area contributed by atoms with Crippen molar-refractivity contribution in [3.05, 3.63) is 24.3 Å². The first-order chi connectivity index (χ1) is 40.0. The second-order valence-electron chi connectivity index (χ2n) is 25.2. The second kappa shape index (κ2) is 70.4. The maximum atomic E-state index is 13.0. The highest BCUT2D eigenvalue weighted by molar-refractivity contribution is 5.71. The van der Waals surface area contributed by atoms with Gasteiger partial charge in [-0.15, -0.1) is 0 Å². The van der Waals surface area contributed by atoms with E-state index in [0.717, 1.165) is 64.2 Å². The van der Waals surface area contributed by atoms with Gasteiger partial charge in [-0.1, -0.05) is 373 Å². The normalized spacial score (nSPS) is 12.1. The van der Waals surface area contributed by atoms with Gasteiger partial charge in [0, 0.05) is 19.3 Å². The van der Waals surface area contributed by atoms with Crippen LogP contribution in [-0.2, 0) is 28.6 Å². The van der Waals surface area contributed by atoms with Crippen molar-refractivity contribution in [1.29, 1.82) is 0 Å². The number of hydrogen-bond acceptors (Lipinski definition) is 6. The third-order valence-corrected chi connectivity index (χ3v) is 17.0. The van der Waals surface area contributed by atoms with Gasteiger partial charge in [0.15, 0.2) is 6.10 Å². The lowest BCUT2D eigenvalue weighted by Crippen LogP contribution is -2.30. The first-order valence-corrected chi connectivity index (χ1v) is 36.8. The standard InChI is InChI=1S/C75H142O6/c1-4-7-10-13-16-19-22-25-27-29-31-33-35-36-37-38-40-41-43-45-47-50-53-56-59-62-65-68-74(77)80-71-72(70-79-73(76)67-64-61-58-55-52-49-24-21-18-15-12-9-6-3)81-75(78)69-66-63-60-57-54-51-48-46-44-42-39-34-32-30-28-26-23-20-17-14-11-8-5-2/h23,26,30,32,72H,4-22,24-25,27-29,31,33-71H2,1-3H3/b26-23-,32-30-. The van der Waals surface area contributed by atoms with E-state index in [1.54, 1.807) is 0 Å². The van der Waals surface area contributed by atoms with Crippen LogP contribution in [0.1, 0.15) is 419 Å². The molecule has 0 radical (unpaired) electrons. The molecule has 1 atom stereocenters. The summed E-state index contributed by atoms with van der Waals surface area (Å²) in [7, 11) is 0. The third kappa shape index (κ3) is 68.6. The lowest BCUT2D eigenvalue weighted by atomic mass is 10.0. The molecular weight excluding hydrogens is 997 g/mol. The summed E-state index contributed by atoms with van der Waals surface area (Å²) in [5.41, 5.74) is 0. The highest BCUT2D eigenvalue weighted by atomic mass is 16.6. The highest BCUT2D eigenvalue weighted by Gasteiger charge is 2.20. The Balaban J connectivity index is 4.19. The summed E-state index contributed by atoms with van der Waals surface area (Å²) in [4.78, 5) is 38.5. The Morgan fingerprint density at radius 3 is 0.679 bits per heavy atom. The van der Waals surface area contributed by atoms with Gasteiger partial charge < -0.3 is 14.2 Å². The SMILES string of the molecule is CCCCCCC/C=C\C/C=C\CCCCCCCCCCCCCC(=O)OC(COC(=O)CCCCCCCCCCCCCCC)COC(=O)CCCCCCCCCCCCCCCCCCCCCCCCCCCCC. The molecule has 0 saturated carbocycles. The van der Waals surface area contributed by atoms with Crippen LogP contribution in [0.3, 0.4) is 0 Å². The topological polar surface area (TPSA) is 78.9 Å². The van der Waals surface area contributed by atoms with Crippen LogP contribution >= 0.6 is 0 Å². The van der Waals surface area contributed by atoms with Gasteiger partial charge >= 0.3 is 17.9 Å². The first kappa shape index (κ1) is 78.9. The summed E-state index contributed by atoms with van der Waals surface area (Å²) in [5.74, 6) is -0.833. The Kier molecular flexibility index (Phi) is 68.5. The Morgan fingerprint density at radius 2 is 0.444 bits per heavy atom. The van der Waals surface area contributed by atoms with E-state index in [4.69, 9.17) is 14.2 Å². The molecule has 0 aliphatic carbocycles. The molecule has 0 amide bonds. The summed E-state index contributed by atoms with van der Waals surface area (Å²) in [6.07, 6.45) is 86.5. The summed E-state index contributed by atoms with van der Waals surface area (Å²) in [6, 6.07) is 0. The Labute approximate surface area is 506 Å². The van der Waals surface area contributed by atoms with Crippen molar-refractivity contribution >= 4 is 17.9 Å². The monoisotopic (exact) mass is 1140 g/mol. The van der Waals surface area contributed by atoms with Gasteiger partial charge in [0.1, 0.15) is 13.2 Å². The molecule has 0 aromatic carbocycles. The average molecular weight is 1140 g/mol. The first-order valence-electron chi connectivity index (χ1n) is 36.8. The van der Waals surface area contributed by atoms with E-state index < -0.39 is 6.10 Å². The quantitative estimate of drug-likeness (QED) is 0.0261. The number of hydrogen-bond donors (Lipinski definition) is 0. The largest absolute Gasteiger partial charge is 0.462 e. The maximum Gasteiger partial charge on any atom is 0.306 e. The van der Waals surface area contributed by atoms with Crippen LogP contribution in [0.5, 0.6) is 0 Å². The number of ether oxygens (including phenoxy) is 3. The molecular formula is C75H142O6. The van der Waals surface area contributed by atoms with Crippen LogP contribution in [0.25, 0.3) is 0 Å². The molecule has 6 nitrogen and oxygen atoms in total. The molecule has 0 aromatic rings. The molecule has 0 rings (SSSR count). The van der Waals surface area contributed by atoms with Gasteiger partial charge in [-0.2, -0.15) is 0 Å². The van der Waals surface area contributed by atoms with E-state index in [2.05, 4.69) is 45.1 Å². The molecule has 0 heterocycles. The minimum atomic E-state index is -0.769. The van der Waals surface area contributed by atoms with E-state index >= 15 is 0 Å². The number of carbonyl (C=O) groups excluding carboxylic acids is 3. The fraction of sp³-hybridized carbons (Fsp3) is 0.907. The second-order valence-corrected chi connectivity index (χ2v) is 25.2. The van der Waals surface area contributed by atoms with Crippen molar-refractivity contribution in [2.75, 3.05) is 13.2 Å². The molecule has 6 heteroatoms. The highest BCUT2D eigenvalue weighted by Crippen LogP contribution is 2.19. The van der Waals surface area contributed by atoms with Crippen molar-refractivity contribution in [2.45, 2.75) is 425 Å². The Hall–Kier alpha value is -2.11. The molecule has 0 aliphatic rings. The smallest absolute Gasteiger partial charge is 0.306 e. The zero-order valence-electron chi connectivity index (χ0n) is 55.1. The van der Waals surface area contributed by atoms with Crippen LogP contribution in [0, 0.1) is 0 Å². The van der Waals surface area contributed by atoms with E-state index in [1.807, 2.05) is 0 Å².